The molecule has 1 saturated carbocycles. The number of carbonyl (C=O) groups is 1. The van der Waals surface area contributed by atoms with E-state index in [0.29, 0.717) is 0 Å². The standard InChI is InChI=1S/C11H16N2O/c1-8(9-4-3-7-12-9)13-10(14)11(2)5-6-11/h3-4,7-8,12H,5-6H2,1-2H3,(H,13,14). The Bertz CT molecular complexity index is 325. The van der Waals surface area contributed by atoms with E-state index >= 15 is 0 Å². The monoisotopic (exact) mass is 192 g/mol. The fourth-order valence-electron chi connectivity index (χ4n) is 1.48. The highest BCUT2D eigenvalue weighted by Crippen LogP contribution is 2.45. The SMILES string of the molecule is CC(NC(=O)C1(C)CC1)c1ccc[nH]1. The van der Waals surface area contributed by atoms with Crippen LogP contribution in [0.3, 0.4) is 0 Å². The molecule has 1 unspecified atom stereocenters. The van der Waals surface area contributed by atoms with Crippen molar-refractivity contribution >= 4 is 5.91 Å². The van der Waals surface area contributed by atoms with Crippen LogP contribution in [0.2, 0.25) is 0 Å². The van der Waals surface area contributed by atoms with Gasteiger partial charge in [0.15, 0.2) is 0 Å². The first kappa shape index (κ1) is 9.31. The summed E-state index contributed by atoms with van der Waals surface area (Å²) in [4.78, 5) is 14.8. The maximum absolute atomic E-state index is 11.7. The van der Waals surface area contributed by atoms with Crippen molar-refractivity contribution in [3.05, 3.63) is 24.0 Å². The van der Waals surface area contributed by atoms with Gasteiger partial charge in [0, 0.05) is 17.3 Å². The first-order chi connectivity index (χ1) is 6.62. The Morgan fingerprint density at radius 3 is 2.86 bits per heavy atom. The maximum Gasteiger partial charge on any atom is 0.226 e. The second-order valence-electron chi connectivity index (χ2n) is 4.38. The summed E-state index contributed by atoms with van der Waals surface area (Å²) < 4.78 is 0. The van der Waals surface area contributed by atoms with Crippen molar-refractivity contribution in [2.24, 2.45) is 5.41 Å². The topological polar surface area (TPSA) is 44.9 Å². The molecule has 0 aliphatic heterocycles. The average molecular weight is 192 g/mol. The molecule has 1 fully saturated rings. The second kappa shape index (κ2) is 3.15. The molecular weight excluding hydrogens is 176 g/mol. The summed E-state index contributed by atoms with van der Waals surface area (Å²) >= 11 is 0. The van der Waals surface area contributed by atoms with E-state index in [2.05, 4.69) is 10.3 Å². The van der Waals surface area contributed by atoms with E-state index in [1.807, 2.05) is 32.2 Å². The fourth-order valence-corrected chi connectivity index (χ4v) is 1.48. The van der Waals surface area contributed by atoms with Gasteiger partial charge in [0.1, 0.15) is 0 Å². The number of aromatic nitrogens is 1. The first-order valence-corrected chi connectivity index (χ1v) is 5.06. The van der Waals surface area contributed by atoms with Crippen LogP contribution in [0.4, 0.5) is 0 Å². The number of amides is 1. The Morgan fingerprint density at radius 2 is 2.36 bits per heavy atom. The zero-order chi connectivity index (χ0) is 10.2. The number of hydrogen-bond acceptors (Lipinski definition) is 1. The molecule has 1 aliphatic rings. The van der Waals surface area contributed by atoms with Crippen molar-refractivity contribution in [3.63, 3.8) is 0 Å². The molecule has 1 aromatic heterocycles. The van der Waals surface area contributed by atoms with Crippen LogP contribution in [-0.2, 0) is 4.79 Å². The predicted molar refractivity (Wildman–Crippen MR) is 54.7 cm³/mol. The molecule has 1 amide bonds. The van der Waals surface area contributed by atoms with Gasteiger partial charge in [-0.2, -0.15) is 0 Å². The van der Waals surface area contributed by atoms with E-state index in [-0.39, 0.29) is 17.4 Å². The average Bonchev–Trinajstić information content (AvgIpc) is 2.71. The zero-order valence-electron chi connectivity index (χ0n) is 8.63. The Labute approximate surface area is 83.9 Å². The molecule has 3 nitrogen and oxygen atoms in total. The minimum absolute atomic E-state index is 0.0786. The fraction of sp³-hybridized carbons (Fsp3) is 0.545. The summed E-state index contributed by atoms with van der Waals surface area (Å²) in [7, 11) is 0. The Balaban J connectivity index is 1.95. The molecule has 0 saturated heterocycles. The van der Waals surface area contributed by atoms with Crippen molar-refractivity contribution in [1.29, 1.82) is 0 Å². The van der Waals surface area contributed by atoms with E-state index in [9.17, 15) is 4.79 Å². The third-order valence-electron chi connectivity index (χ3n) is 2.98. The van der Waals surface area contributed by atoms with Crippen molar-refractivity contribution in [2.75, 3.05) is 0 Å². The molecule has 2 N–H and O–H groups in total. The van der Waals surface area contributed by atoms with Crippen molar-refractivity contribution in [2.45, 2.75) is 32.7 Å². The Hall–Kier alpha value is -1.25. The van der Waals surface area contributed by atoms with E-state index < -0.39 is 0 Å². The van der Waals surface area contributed by atoms with E-state index in [1.165, 1.54) is 0 Å². The van der Waals surface area contributed by atoms with Gasteiger partial charge < -0.3 is 10.3 Å². The molecule has 1 aromatic rings. The number of hydrogen-bond donors (Lipinski definition) is 2. The Morgan fingerprint density at radius 1 is 1.64 bits per heavy atom. The van der Waals surface area contributed by atoms with Crippen molar-refractivity contribution in [3.8, 4) is 0 Å². The number of carbonyl (C=O) groups excluding carboxylic acids is 1. The predicted octanol–water partition coefficient (Wildman–Crippen LogP) is 1.99. The quantitative estimate of drug-likeness (QED) is 0.755. The van der Waals surface area contributed by atoms with Gasteiger partial charge in [0.25, 0.3) is 0 Å². The molecule has 0 bridgehead atoms. The number of rotatable bonds is 3. The van der Waals surface area contributed by atoms with Crippen LogP contribution >= 0.6 is 0 Å². The lowest BCUT2D eigenvalue weighted by atomic mass is 10.1. The van der Waals surface area contributed by atoms with Crippen LogP contribution in [0, 0.1) is 5.41 Å². The molecular formula is C11H16N2O. The van der Waals surface area contributed by atoms with Crippen molar-refractivity contribution < 1.29 is 4.79 Å². The van der Waals surface area contributed by atoms with Crippen LogP contribution < -0.4 is 5.32 Å². The molecule has 2 rings (SSSR count). The van der Waals surface area contributed by atoms with Crippen molar-refractivity contribution in [1.82, 2.24) is 10.3 Å². The summed E-state index contributed by atoms with van der Waals surface area (Å²) in [6.45, 7) is 4.01. The van der Waals surface area contributed by atoms with Gasteiger partial charge >= 0.3 is 0 Å². The number of aromatic amines is 1. The van der Waals surface area contributed by atoms with Crippen LogP contribution in [-0.4, -0.2) is 10.9 Å². The third-order valence-corrected chi connectivity index (χ3v) is 2.98. The molecule has 0 radical (unpaired) electrons. The highest BCUT2D eigenvalue weighted by molar-refractivity contribution is 5.85. The van der Waals surface area contributed by atoms with Gasteiger partial charge in [-0.25, -0.2) is 0 Å². The number of nitrogens with one attached hydrogen (secondary N) is 2. The molecule has 3 heteroatoms. The summed E-state index contributed by atoms with van der Waals surface area (Å²) in [6.07, 6.45) is 3.92. The van der Waals surface area contributed by atoms with Gasteiger partial charge in [-0.15, -0.1) is 0 Å². The van der Waals surface area contributed by atoms with Crippen LogP contribution in [0.5, 0.6) is 0 Å². The summed E-state index contributed by atoms with van der Waals surface area (Å²) in [5, 5.41) is 3.01. The third kappa shape index (κ3) is 1.67. The normalized spacial score (nSPS) is 20.1. The minimum Gasteiger partial charge on any atom is -0.363 e. The summed E-state index contributed by atoms with van der Waals surface area (Å²) in [6, 6.07) is 4.01. The van der Waals surface area contributed by atoms with E-state index in [0.717, 1.165) is 18.5 Å². The highest BCUT2D eigenvalue weighted by atomic mass is 16.2. The van der Waals surface area contributed by atoms with Gasteiger partial charge in [-0.3, -0.25) is 4.79 Å². The molecule has 0 spiro atoms. The molecule has 0 aromatic carbocycles. The molecule has 1 aliphatic carbocycles. The first-order valence-electron chi connectivity index (χ1n) is 5.06. The molecule has 76 valence electrons. The summed E-state index contributed by atoms with van der Waals surface area (Å²) in [5.74, 6) is 0.180. The minimum atomic E-state index is -0.0825. The lowest BCUT2D eigenvalue weighted by Gasteiger charge is -2.15. The maximum atomic E-state index is 11.7. The van der Waals surface area contributed by atoms with Crippen LogP contribution in [0.1, 0.15) is 38.4 Å². The van der Waals surface area contributed by atoms with Crippen LogP contribution in [0.25, 0.3) is 0 Å². The largest absolute Gasteiger partial charge is 0.363 e. The molecule has 14 heavy (non-hydrogen) atoms. The zero-order valence-corrected chi connectivity index (χ0v) is 8.63. The summed E-state index contributed by atoms with van der Waals surface area (Å²) in [5.41, 5.74) is 0.975. The second-order valence-corrected chi connectivity index (χ2v) is 4.38. The molecule has 1 atom stereocenters. The lowest BCUT2D eigenvalue weighted by molar-refractivity contribution is -0.126. The Kier molecular flexibility index (Phi) is 2.10. The molecule has 1 heterocycles. The highest BCUT2D eigenvalue weighted by Gasteiger charge is 2.45. The smallest absolute Gasteiger partial charge is 0.226 e. The van der Waals surface area contributed by atoms with Gasteiger partial charge in [0.2, 0.25) is 5.91 Å². The number of H-pyrrole nitrogens is 1. The van der Waals surface area contributed by atoms with Gasteiger partial charge in [0.05, 0.1) is 6.04 Å². The van der Waals surface area contributed by atoms with E-state index in [1.54, 1.807) is 0 Å². The van der Waals surface area contributed by atoms with Gasteiger partial charge in [-0.1, -0.05) is 6.92 Å². The van der Waals surface area contributed by atoms with Gasteiger partial charge in [-0.05, 0) is 31.9 Å². The lowest BCUT2D eigenvalue weighted by Crippen LogP contribution is -2.32. The van der Waals surface area contributed by atoms with E-state index in [4.69, 9.17) is 0 Å². The van der Waals surface area contributed by atoms with Crippen LogP contribution in [0.15, 0.2) is 18.3 Å².